The Hall–Kier alpha value is -1.12. The summed E-state index contributed by atoms with van der Waals surface area (Å²) in [5, 5.41) is 4.53. The Balaban J connectivity index is 2.27. The summed E-state index contributed by atoms with van der Waals surface area (Å²) >= 11 is 0. The maximum Gasteiger partial charge on any atom is 0.163 e. The molecular weight excluding hydrogens is 188 g/mol. The van der Waals surface area contributed by atoms with Gasteiger partial charge in [-0.15, -0.1) is 0 Å². The normalized spacial score (nSPS) is 16.0. The van der Waals surface area contributed by atoms with Crippen LogP contribution < -0.4 is 0 Å². The average molecular weight is 206 g/mol. The molecule has 0 saturated heterocycles. The fourth-order valence-corrected chi connectivity index (χ4v) is 1.83. The van der Waals surface area contributed by atoms with E-state index < -0.39 is 0 Å². The van der Waals surface area contributed by atoms with E-state index in [1.165, 1.54) is 12.8 Å². The van der Waals surface area contributed by atoms with Crippen LogP contribution in [0.2, 0.25) is 0 Å². The largest absolute Gasteiger partial charge is 0.294 e. The third-order valence-corrected chi connectivity index (χ3v) is 2.69. The predicted octanol–water partition coefficient (Wildman–Crippen LogP) is 2.62. The van der Waals surface area contributed by atoms with E-state index in [0.717, 1.165) is 17.8 Å². The first-order valence-electron chi connectivity index (χ1n) is 5.66. The van der Waals surface area contributed by atoms with Crippen molar-refractivity contribution < 1.29 is 4.79 Å². The van der Waals surface area contributed by atoms with E-state index in [0.29, 0.717) is 11.8 Å². The lowest BCUT2D eigenvalue weighted by atomic mass is 10.1. The average Bonchev–Trinajstić information content (AvgIpc) is 2.87. The van der Waals surface area contributed by atoms with Gasteiger partial charge in [-0.25, -0.2) is 0 Å². The number of Topliss-reactive ketones (excluding diaryl/α,β-unsaturated/α-hetero) is 1. The molecular formula is C12H18N2O. The number of aromatic nitrogens is 2. The van der Waals surface area contributed by atoms with Crippen molar-refractivity contribution in [2.45, 2.75) is 46.1 Å². The highest BCUT2D eigenvalue weighted by atomic mass is 16.1. The van der Waals surface area contributed by atoms with Gasteiger partial charge in [0.15, 0.2) is 5.78 Å². The van der Waals surface area contributed by atoms with E-state index in [4.69, 9.17) is 0 Å². The molecule has 0 aliphatic heterocycles. The Morgan fingerprint density at radius 1 is 1.60 bits per heavy atom. The van der Waals surface area contributed by atoms with Crippen molar-refractivity contribution in [2.75, 3.05) is 0 Å². The first-order valence-corrected chi connectivity index (χ1v) is 5.66. The topological polar surface area (TPSA) is 34.9 Å². The second-order valence-corrected chi connectivity index (χ2v) is 4.87. The van der Waals surface area contributed by atoms with Crippen LogP contribution in [0.1, 0.15) is 55.6 Å². The minimum absolute atomic E-state index is 0.145. The van der Waals surface area contributed by atoms with Crippen molar-refractivity contribution in [1.82, 2.24) is 9.78 Å². The summed E-state index contributed by atoms with van der Waals surface area (Å²) in [4.78, 5) is 11.4. The standard InChI is InChI=1S/C12H18N2O/c1-8(2)6-14-7-11(9(3)15)12(13-14)10-4-5-10/h7-8,10H,4-6H2,1-3H3. The molecule has 82 valence electrons. The van der Waals surface area contributed by atoms with Crippen LogP contribution in [0.4, 0.5) is 0 Å². The van der Waals surface area contributed by atoms with Gasteiger partial charge in [0.05, 0.1) is 11.3 Å². The molecule has 1 aliphatic carbocycles. The second-order valence-electron chi connectivity index (χ2n) is 4.87. The van der Waals surface area contributed by atoms with Gasteiger partial charge >= 0.3 is 0 Å². The van der Waals surface area contributed by atoms with Crippen molar-refractivity contribution in [1.29, 1.82) is 0 Å². The molecule has 0 atom stereocenters. The molecule has 0 bridgehead atoms. The molecule has 0 radical (unpaired) electrons. The molecule has 2 rings (SSSR count). The lowest BCUT2D eigenvalue weighted by Gasteiger charge is -2.03. The maximum atomic E-state index is 11.4. The SMILES string of the molecule is CC(=O)c1cn(CC(C)C)nc1C1CC1. The van der Waals surface area contributed by atoms with Crippen LogP contribution in [-0.2, 0) is 6.54 Å². The summed E-state index contributed by atoms with van der Waals surface area (Å²) in [7, 11) is 0. The minimum Gasteiger partial charge on any atom is -0.294 e. The van der Waals surface area contributed by atoms with E-state index in [2.05, 4.69) is 18.9 Å². The lowest BCUT2D eigenvalue weighted by molar-refractivity contribution is 0.101. The van der Waals surface area contributed by atoms with Gasteiger partial charge in [0.1, 0.15) is 0 Å². The Bertz CT molecular complexity index is 375. The van der Waals surface area contributed by atoms with E-state index in [1.807, 2.05) is 10.9 Å². The van der Waals surface area contributed by atoms with Crippen LogP contribution in [0.3, 0.4) is 0 Å². The molecule has 1 heterocycles. The van der Waals surface area contributed by atoms with E-state index >= 15 is 0 Å². The molecule has 1 saturated carbocycles. The van der Waals surface area contributed by atoms with Crippen molar-refractivity contribution in [3.05, 3.63) is 17.5 Å². The van der Waals surface area contributed by atoms with Crippen molar-refractivity contribution >= 4 is 5.78 Å². The Morgan fingerprint density at radius 3 is 2.73 bits per heavy atom. The Kier molecular flexibility index (Phi) is 2.63. The molecule has 3 heteroatoms. The molecule has 0 unspecified atom stereocenters. The third-order valence-electron chi connectivity index (χ3n) is 2.69. The number of ketones is 1. The zero-order valence-corrected chi connectivity index (χ0v) is 9.66. The van der Waals surface area contributed by atoms with Crippen LogP contribution in [0.25, 0.3) is 0 Å². The molecule has 1 fully saturated rings. The highest BCUT2D eigenvalue weighted by Crippen LogP contribution is 2.40. The summed E-state index contributed by atoms with van der Waals surface area (Å²) in [6.45, 7) is 6.84. The van der Waals surface area contributed by atoms with Crippen molar-refractivity contribution in [3.8, 4) is 0 Å². The van der Waals surface area contributed by atoms with Gasteiger partial charge < -0.3 is 0 Å². The number of carbonyl (C=O) groups is 1. The van der Waals surface area contributed by atoms with Crippen LogP contribution >= 0.6 is 0 Å². The van der Waals surface area contributed by atoms with Gasteiger partial charge in [0.2, 0.25) is 0 Å². The zero-order chi connectivity index (χ0) is 11.0. The zero-order valence-electron chi connectivity index (χ0n) is 9.66. The third kappa shape index (κ3) is 2.28. The second kappa shape index (κ2) is 3.80. The molecule has 0 amide bonds. The number of carbonyl (C=O) groups excluding carboxylic acids is 1. The molecule has 0 spiro atoms. The van der Waals surface area contributed by atoms with Crippen LogP contribution in [0.15, 0.2) is 6.20 Å². The molecule has 1 aromatic rings. The van der Waals surface area contributed by atoms with Gasteiger partial charge in [-0.1, -0.05) is 13.8 Å². The fourth-order valence-electron chi connectivity index (χ4n) is 1.83. The summed E-state index contributed by atoms with van der Waals surface area (Å²) in [5.74, 6) is 1.26. The Labute approximate surface area is 90.5 Å². The number of nitrogens with zero attached hydrogens (tertiary/aromatic N) is 2. The van der Waals surface area contributed by atoms with E-state index in [-0.39, 0.29) is 5.78 Å². The smallest absolute Gasteiger partial charge is 0.163 e. The number of hydrogen-bond donors (Lipinski definition) is 0. The van der Waals surface area contributed by atoms with Gasteiger partial charge in [-0.2, -0.15) is 5.10 Å². The molecule has 3 nitrogen and oxygen atoms in total. The van der Waals surface area contributed by atoms with Crippen molar-refractivity contribution in [2.24, 2.45) is 5.92 Å². The van der Waals surface area contributed by atoms with Gasteiger partial charge in [0, 0.05) is 18.7 Å². The summed E-state index contributed by atoms with van der Waals surface area (Å²) in [6, 6.07) is 0. The number of rotatable bonds is 4. The van der Waals surface area contributed by atoms with Crippen LogP contribution in [-0.4, -0.2) is 15.6 Å². The van der Waals surface area contributed by atoms with Gasteiger partial charge in [-0.3, -0.25) is 9.48 Å². The summed E-state index contributed by atoms with van der Waals surface area (Å²) in [5.41, 5.74) is 1.86. The monoisotopic (exact) mass is 206 g/mol. The summed E-state index contributed by atoms with van der Waals surface area (Å²) in [6.07, 6.45) is 4.30. The first kappa shape index (κ1) is 10.4. The van der Waals surface area contributed by atoms with Crippen LogP contribution in [0.5, 0.6) is 0 Å². The maximum absolute atomic E-state index is 11.4. The van der Waals surface area contributed by atoms with E-state index in [9.17, 15) is 4.79 Å². The van der Waals surface area contributed by atoms with Gasteiger partial charge in [0.25, 0.3) is 0 Å². The minimum atomic E-state index is 0.145. The molecule has 0 aromatic carbocycles. The highest BCUT2D eigenvalue weighted by molar-refractivity contribution is 5.95. The fraction of sp³-hybridized carbons (Fsp3) is 0.667. The Morgan fingerprint density at radius 2 is 2.27 bits per heavy atom. The summed E-state index contributed by atoms with van der Waals surface area (Å²) < 4.78 is 1.93. The molecule has 1 aliphatic rings. The molecule has 15 heavy (non-hydrogen) atoms. The van der Waals surface area contributed by atoms with Crippen LogP contribution in [0, 0.1) is 5.92 Å². The molecule has 0 N–H and O–H groups in total. The van der Waals surface area contributed by atoms with Gasteiger partial charge in [-0.05, 0) is 25.7 Å². The highest BCUT2D eigenvalue weighted by Gasteiger charge is 2.30. The lowest BCUT2D eigenvalue weighted by Crippen LogP contribution is -2.04. The van der Waals surface area contributed by atoms with E-state index in [1.54, 1.807) is 6.92 Å². The van der Waals surface area contributed by atoms with Crippen molar-refractivity contribution in [3.63, 3.8) is 0 Å². The number of hydrogen-bond acceptors (Lipinski definition) is 2. The predicted molar refractivity (Wildman–Crippen MR) is 59.0 cm³/mol. The first-order chi connectivity index (χ1) is 7.08. The quantitative estimate of drug-likeness (QED) is 0.710. The molecule has 1 aromatic heterocycles.